The normalized spacial score (nSPS) is 16.8. The standard InChI is InChI=1S/C11H19N3O5S/c1-3-4-13(9-10(15)16)11(17)12-5-7-14(8-6-12)20(2,18)19/h3H,1,4-9H2,2H3,(H,15,16). The van der Waals surface area contributed by atoms with Crippen molar-refractivity contribution in [3.8, 4) is 0 Å². The minimum absolute atomic E-state index is 0.136. The number of nitrogens with zero attached hydrogens (tertiary/aromatic N) is 3. The van der Waals surface area contributed by atoms with Gasteiger partial charge in [0.2, 0.25) is 10.0 Å². The molecule has 0 atom stereocenters. The molecule has 9 heteroatoms. The molecule has 2 amide bonds. The molecule has 1 aliphatic heterocycles. The van der Waals surface area contributed by atoms with Crippen molar-refractivity contribution < 1.29 is 23.1 Å². The largest absolute Gasteiger partial charge is 0.480 e. The first kappa shape index (κ1) is 16.4. The fourth-order valence-corrected chi connectivity index (χ4v) is 2.77. The van der Waals surface area contributed by atoms with Crippen LogP contribution in [0.2, 0.25) is 0 Å². The van der Waals surface area contributed by atoms with Crippen molar-refractivity contribution in [2.45, 2.75) is 0 Å². The highest BCUT2D eigenvalue weighted by Gasteiger charge is 2.28. The van der Waals surface area contributed by atoms with Gasteiger partial charge in [0.05, 0.1) is 6.26 Å². The molecule has 114 valence electrons. The molecule has 1 heterocycles. The van der Waals surface area contributed by atoms with Gasteiger partial charge in [-0.05, 0) is 0 Å². The van der Waals surface area contributed by atoms with Crippen molar-refractivity contribution in [1.82, 2.24) is 14.1 Å². The van der Waals surface area contributed by atoms with Crippen LogP contribution in [0.15, 0.2) is 12.7 Å². The zero-order valence-electron chi connectivity index (χ0n) is 11.4. The number of rotatable bonds is 5. The van der Waals surface area contributed by atoms with Crippen molar-refractivity contribution >= 4 is 22.0 Å². The number of carbonyl (C=O) groups excluding carboxylic acids is 1. The third-order valence-corrected chi connectivity index (χ3v) is 4.23. The Hall–Kier alpha value is -1.61. The third kappa shape index (κ3) is 4.49. The van der Waals surface area contributed by atoms with Crippen LogP contribution in [0.4, 0.5) is 4.79 Å². The second-order valence-electron chi connectivity index (χ2n) is 4.49. The average Bonchev–Trinajstić information content (AvgIpc) is 2.36. The topological polar surface area (TPSA) is 98.2 Å². The lowest BCUT2D eigenvalue weighted by molar-refractivity contribution is -0.137. The van der Waals surface area contributed by atoms with Crippen LogP contribution in [-0.4, -0.2) is 85.2 Å². The lowest BCUT2D eigenvalue weighted by Gasteiger charge is -2.35. The maximum absolute atomic E-state index is 12.2. The maximum atomic E-state index is 12.2. The van der Waals surface area contributed by atoms with E-state index < -0.39 is 28.6 Å². The van der Waals surface area contributed by atoms with Gasteiger partial charge in [0.15, 0.2) is 0 Å². The summed E-state index contributed by atoms with van der Waals surface area (Å²) in [6, 6.07) is -0.416. The van der Waals surface area contributed by atoms with Crippen LogP contribution in [-0.2, 0) is 14.8 Å². The highest BCUT2D eigenvalue weighted by Crippen LogP contribution is 2.08. The molecule has 1 N–H and O–H groups in total. The number of sulfonamides is 1. The summed E-state index contributed by atoms with van der Waals surface area (Å²) in [4.78, 5) is 25.5. The third-order valence-electron chi connectivity index (χ3n) is 2.92. The van der Waals surface area contributed by atoms with E-state index >= 15 is 0 Å². The highest BCUT2D eigenvalue weighted by atomic mass is 32.2. The van der Waals surface area contributed by atoms with E-state index in [1.807, 2.05) is 0 Å². The summed E-state index contributed by atoms with van der Waals surface area (Å²) in [5.41, 5.74) is 0. The Bertz CT molecular complexity index is 482. The van der Waals surface area contributed by atoms with Crippen LogP contribution >= 0.6 is 0 Å². The Morgan fingerprint density at radius 3 is 2.25 bits per heavy atom. The summed E-state index contributed by atoms with van der Waals surface area (Å²) >= 11 is 0. The van der Waals surface area contributed by atoms with E-state index in [0.717, 1.165) is 11.2 Å². The zero-order chi connectivity index (χ0) is 15.3. The van der Waals surface area contributed by atoms with Gasteiger partial charge in [-0.25, -0.2) is 13.2 Å². The van der Waals surface area contributed by atoms with Crippen LogP contribution in [0.5, 0.6) is 0 Å². The van der Waals surface area contributed by atoms with E-state index in [2.05, 4.69) is 6.58 Å². The van der Waals surface area contributed by atoms with Gasteiger partial charge in [0.1, 0.15) is 6.54 Å². The number of hydrogen-bond donors (Lipinski definition) is 1. The molecule has 0 spiro atoms. The van der Waals surface area contributed by atoms with E-state index in [0.29, 0.717) is 0 Å². The smallest absolute Gasteiger partial charge is 0.323 e. The molecule has 1 rings (SSSR count). The number of urea groups is 1. The Labute approximate surface area is 118 Å². The van der Waals surface area contributed by atoms with Crippen molar-refractivity contribution in [1.29, 1.82) is 0 Å². The van der Waals surface area contributed by atoms with Crippen molar-refractivity contribution in [2.75, 3.05) is 45.5 Å². The molecule has 20 heavy (non-hydrogen) atoms. The first-order valence-electron chi connectivity index (χ1n) is 6.07. The molecule has 8 nitrogen and oxygen atoms in total. The van der Waals surface area contributed by atoms with Crippen molar-refractivity contribution in [3.63, 3.8) is 0 Å². The molecule has 0 aromatic heterocycles. The quantitative estimate of drug-likeness (QED) is 0.674. The first-order chi connectivity index (χ1) is 9.25. The molecule has 1 aliphatic rings. The van der Waals surface area contributed by atoms with Crippen LogP contribution in [0.25, 0.3) is 0 Å². The summed E-state index contributed by atoms with van der Waals surface area (Å²) in [5, 5.41) is 8.77. The van der Waals surface area contributed by atoms with E-state index in [4.69, 9.17) is 5.11 Å². The van der Waals surface area contributed by atoms with Crippen LogP contribution < -0.4 is 0 Å². The molecule has 0 saturated carbocycles. The minimum Gasteiger partial charge on any atom is -0.480 e. The van der Waals surface area contributed by atoms with Gasteiger partial charge in [-0.1, -0.05) is 6.08 Å². The second kappa shape index (κ2) is 6.71. The van der Waals surface area contributed by atoms with Gasteiger partial charge in [-0.15, -0.1) is 6.58 Å². The predicted molar refractivity (Wildman–Crippen MR) is 72.8 cm³/mol. The first-order valence-corrected chi connectivity index (χ1v) is 7.92. The Morgan fingerprint density at radius 2 is 1.85 bits per heavy atom. The van der Waals surface area contributed by atoms with Gasteiger partial charge >= 0.3 is 12.0 Å². The van der Waals surface area contributed by atoms with E-state index in [9.17, 15) is 18.0 Å². The fourth-order valence-electron chi connectivity index (χ4n) is 1.94. The van der Waals surface area contributed by atoms with Crippen LogP contribution in [0, 0.1) is 0 Å². The van der Waals surface area contributed by atoms with Crippen molar-refractivity contribution in [3.05, 3.63) is 12.7 Å². The summed E-state index contributed by atoms with van der Waals surface area (Å²) in [6.45, 7) is 4.16. The van der Waals surface area contributed by atoms with Gasteiger partial charge in [0.25, 0.3) is 0 Å². The van der Waals surface area contributed by atoms with E-state index in [-0.39, 0.29) is 32.7 Å². The minimum atomic E-state index is -3.25. The summed E-state index contributed by atoms with van der Waals surface area (Å²) in [7, 11) is -3.25. The number of hydrogen-bond acceptors (Lipinski definition) is 4. The Kier molecular flexibility index (Phi) is 5.52. The van der Waals surface area contributed by atoms with Crippen LogP contribution in [0.3, 0.4) is 0 Å². The lowest BCUT2D eigenvalue weighted by atomic mass is 10.3. The molecular weight excluding hydrogens is 286 g/mol. The number of amides is 2. The Morgan fingerprint density at radius 1 is 1.30 bits per heavy atom. The molecule has 0 radical (unpaired) electrons. The molecule has 0 unspecified atom stereocenters. The van der Waals surface area contributed by atoms with Gasteiger partial charge < -0.3 is 14.9 Å². The SMILES string of the molecule is C=CCN(CC(=O)O)C(=O)N1CCN(S(C)(=O)=O)CC1. The summed E-state index contributed by atoms with van der Waals surface area (Å²) in [6.07, 6.45) is 2.58. The number of aliphatic carboxylic acids is 1. The summed E-state index contributed by atoms with van der Waals surface area (Å²) < 4.78 is 24.0. The van der Waals surface area contributed by atoms with Crippen LogP contribution in [0.1, 0.15) is 0 Å². The number of carboxylic acids is 1. The molecule has 0 bridgehead atoms. The lowest BCUT2D eigenvalue weighted by Crippen LogP contribution is -2.54. The van der Waals surface area contributed by atoms with Gasteiger partial charge in [0, 0.05) is 32.7 Å². The van der Waals surface area contributed by atoms with E-state index in [1.54, 1.807) is 0 Å². The van der Waals surface area contributed by atoms with Gasteiger partial charge in [-0.2, -0.15) is 4.31 Å². The molecule has 1 saturated heterocycles. The fraction of sp³-hybridized carbons (Fsp3) is 0.636. The second-order valence-corrected chi connectivity index (χ2v) is 6.48. The molecule has 0 aliphatic carbocycles. The van der Waals surface area contributed by atoms with Gasteiger partial charge in [-0.3, -0.25) is 4.79 Å². The average molecular weight is 305 g/mol. The monoisotopic (exact) mass is 305 g/mol. The molecule has 1 fully saturated rings. The summed E-state index contributed by atoms with van der Waals surface area (Å²) in [5.74, 6) is -1.10. The number of carboxylic acid groups (broad SMARTS) is 1. The zero-order valence-corrected chi connectivity index (χ0v) is 12.2. The molecular formula is C11H19N3O5S. The Balaban J connectivity index is 2.64. The van der Waals surface area contributed by atoms with E-state index in [1.165, 1.54) is 15.3 Å². The highest BCUT2D eigenvalue weighted by molar-refractivity contribution is 7.88. The number of carbonyl (C=O) groups is 2. The van der Waals surface area contributed by atoms with Crippen molar-refractivity contribution in [2.24, 2.45) is 0 Å². The number of piperazine rings is 1. The molecule has 0 aromatic rings. The molecule has 0 aromatic carbocycles. The maximum Gasteiger partial charge on any atom is 0.323 e. The predicted octanol–water partition coefficient (Wildman–Crippen LogP) is -0.744.